The molecule has 1 saturated heterocycles. The smallest absolute Gasteiger partial charge is 0.490 e. The second kappa shape index (κ2) is 12.7. The number of alkyl halides is 3. The first-order chi connectivity index (χ1) is 20.3. The number of carbonyl (C=O) groups is 1. The zero-order chi connectivity index (χ0) is 30.9. The number of fused-ring (bicyclic) bond motifs is 1. The zero-order valence-corrected chi connectivity index (χ0v) is 25.9. The van der Waals surface area contributed by atoms with Crippen molar-refractivity contribution in [2.45, 2.75) is 104 Å². The molecule has 2 heterocycles. The fraction of sp³-hybridized carbons (Fsp3) is 0.629. The molecule has 2 aromatic rings. The highest BCUT2D eigenvalue weighted by Crippen LogP contribution is 2.48. The van der Waals surface area contributed by atoms with Gasteiger partial charge in [-0.1, -0.05) is 52.0 Å². The molecule has 0 bridgehead atoms. The van der Waals surface area contributed by atoms with Gasteiger partial charge in [-0.3, -0.25) is 9.69 Å². The third-order valence-corrected chi connectivity index (χ3v) is 9.58. The molecule has 2 fully saturated rings. The Balaban J connectivity index is 1.22. The number of benzene rings is 2. The van der Waals surface area contributed by atoms with E-state index < -0.39 is 18.2 Å². The van der Waals surface area contributed by atoms with Crippen LogP contribution in [-0.4, -0.2) is 41.5 Å². The van der Waals surface area contributed by atoms with Gasteiger partial charge < -0.3 is 14.6 Å². The number of hydrogen-bond acceptors (Lipinski definition) is 4. The van der Waals surface area contributed by atoms with Crippen LogP contribution in [0, 0.1) is 23.2 Å². The number of carboxylic acid groups (broad SMARTS) is 1. The van der Waals surface area contributed by atoms with Crippen LogP contribution in [0.1, 0.15) is 94.4 Å². The van der Waals surface area contributed by atoms with Crippen LogP contribution >= 0.6 is 0 Å². The molecule has 0 aromatic heterocycles. The van der Waals surface area contributed by atoms with Gasteiger partial charge in [-0.25, -0.2) is 0 Å². The Kier molecular flexibility index (Phi) is 9.36. The van der Waals surface area contributed by atoms with Crippen LogP contribution in [0.15, 0.2) is 36.4 Å². The summed E-state index contributed by atoms with van der Waals surface area (Å²) in [5.41, 5.74) is 4.00. The number of halogens is 3. The number of likely N-dealkylation sites (tertiary alicyclic amines) is 1. The van der Waals surface area contributed by atoms with Crippen LogP contribution in [0.3, 0.4) is 0 Å². The van der Waals surface area contributed by atoms with Gasteiger partial charge in [0, 0.05) is 12.1 Å². The van der Waals surface area contributed by atoms with Gasteiger partial charge in [0.15, 0.2) is 0 Å². The number of hydrogen-bond donors (Lipinski definition) is 1. The zero-order valence-electron chi connectivity index (χ0n) is 25.9. The van der Waals surface area contributed by atoms with Crippen LogP contribution in [0.5, 0.6) is 11.5 Å². The monoisotopic (exact) mass is 601 g/mol. The molecule has 1 aliphatic carbocycles. The minimum atomic E-state index is -4.73. The van der Waals surface area contributed by atoms with Crippen molar-refractivity contribution in [3.63, 3.8) is 0 Å². The van der Waals surface area contributed by atoms with Gasteiger partial charge in [0.1, 0.15) is 17.6 Å². The van der Waals surface area contributed by atoms with Crippen molar-refractivity contribution >= 4 is 5.97 Å². The quantitative estimate of drug-likeness (QED) is 0.296. The topological polar surface area (TPSA) is 59.0 Å². The third-order valence-electron chi connectivity index (χ3n) is 9.58. The first-order valence-electron chi connectivity index (χ1n) is 15.9. The van der Waals surface area contributed by atoms with E-state index in [1.54, 1.807) is 6.07 Å². The molecule has 1 saturated carbocycles. The number of ether oxygens (including phenoxy) is 2. The Labute approximate surface area is 253 Å². The Bertz CT molecular complexity index is 1270. The molecule has 5 rings (SSSR count). The molecule has 1 N–H and O–H groups in total. The van der Waals surface area contributed by atoms with E-state index in [-0.39, 0.29) is 23.2 Å². The molecule has 2 aliphatic heterocycles. The summed E-state index contributed by atoms with van der Waals surface area (Å²) in [4.78, 5) is 14.0. The standard InChI is InChI=1S/C35H46F3NO4/c1-22(33(40)41)32(26-7-8-26)27-9-6-24-10-12-29(42-31(24)20-27)25-14-17-39(18-15-25)21-28-19-23(13-16-34(2,3)4)5-11-30(28)43-35(36,37)38/h5-6,9,11,19-20,22,25-26,29,32H,7-8,10,12-18,21H2,1-4H3,(H,40,41)/t22-,29+,32-/m0/s1. The van der Waals surface area contributed by atoms with E-state index in [1.165, 1.54) is 11.6 Å². The average Bonchev–Trinajstić information content (AvgIpc) is 3.77. The van der Waals surface area contributed by atoms with Gasteiger partial charge in [0.2, 0.25) is 0 Å². The fourth-order valence-corrected chi connectivity index (χ4v) is 6.90. The summed E-state index contributed by atoms with van der Waals surface area (Å²) < 4.78 is 50.5. The van der Waals surface area contributed by atoms with Gasteiger partial charge in [-0.05, 0) is 116 Å². The number of aliphatic carboxylic acids is 1. The van der Waals surface area contributed by atoms with Crippen molar-refractivity contribution in [1.82, 2.24) is 4.90 Å². The Morgan fingerprint density at radius 1 is 1.05 bits per heavy atom. The van der Waals surface area contributed by atoms with E-state index in [0.717, 1.165) is 81.3 Å². The number of carboxylic acids is 1. The molecule has 3 atom stereocenters. The highest BCUT2D eigenvalue weighted by Gasteiger charge is 2.39. The van der Waals surface area contributed by atoms with E-state index in [4.69, 9.17) is 4.74 Å². The number of rotatable bonds is 10. The van der Waals surface area contributed by atoms with Gasteiger partial charge in [-0.2, -0.15) is 0 Å². The highest BCUT2D eigenvalue weighted by molar-refractivity contribution is 5.71. The second-order valence-electron chi connectivity index (χ2n) is 14.2. The average molecular weight is 602 g/mol. The molecule has 43 heavy (non-hydrogen) atoms. The van der Waals surface area contributed by atoms with Crippen LogP contribution in [0.2, 0.25) is 0 Å². The largest absolute Gasteiger partial charge is 0.573 e. The summed E-state index contributed by atoms with van der Waals surface area (Å²) >= 11 is 0. The minimum absolute atomic E-state index is 0.00759. The van der Waals surface area contributed by atoms with Gasteiger partial charge >= 0.3 is 12.3 Å². The summed E-state index contributed by atoms with van der Waals surface area (Å²) in [5, 5.41) is 9.69. The van der Waals surface area contributed by atoms with Crippen molar-refractivity contribution < 1.29 is 32.5 Å². The van der Waals surface area contributed by atoms with E-state index in [2.05, 4.69) is 48.6 Å². The first-order valence-corrected chi connectivity index (χ1v) is 15.9. The molecular formula is C35H46F3NO4. The van der Waals surface area contributed by atoms with E-state index in [0.29, 0.717) is 23.9 Å². The first kappa shape index (κ1) is 31.7. The van der Waals surface area contributed by atoms with Gasteiger partial charge in [-0.15, -0.1) is 13.2 Å². The summed E-state index contributed by atoms with van der Waals surface area (Å²) in [6.45, 7) is 10.3. The van der Waals surface area contributed by atoms with Crippen molar-refractivity contribution in [1.29, 1.82) is 0 Å². The predicted molar refractivity (Wildman–Crippen MR) is 160 cm³/mol. The molecule has 0 radical (unpaired) electrons. The molecule has 2 aromatic carbocycles. The van der Waals surface area contributed by atoms with Crippen molar-refractivity contribution in [3.8, 4) is 11.5 Å². The van der Waals surface area contributed by atoms with Crippen LogP contribution < -0.4 is 9.47 Å². The van der Waals surface area contributed by atoms with Crippen molar-refractivity contribution in [2.75, 3.05) is 13.1 Å². The highest BCUT2D eigenvalue weighted by atomic mass is 19.4. The SMILES string of the molecule is C[C@H](C(=O)O)[C@H](c1ccc2c(c1)O[C@@H](C1CCN(Cc3cc(CCC(C)(C)C)ccc3OC(F)(F)F)CC1)CC2)C1CC1. The Hall–Kier alpha value is -2.74. The lowest BCUT2D eigenvalue weighted by molar-refractivity contribution is -0.275. The summed E-state index contributed by atoms with van der Waals surface area (Å²) in [6.07, 6.45) is 2.97. The maximum Gasteiger partial charge on any atom is 0.573 e. The maximum atomic E-state index is 13.2. The van der Waals surface area contributed by atoms with Gasteiger partial charge in [0.05, 0.1) is 5.92 Å². The molecule has 8 heteroatoms. The summed E-state index contributed by atoms with van der Waals surface area (Å²) in [7, 11) is 0. The van der Waals surface area contributed by atoms with E-state index in [1.807, 2.05) is 13.0 Å². The Morgan fingerprint density at radius 3 is 2.40 bits per heavy atom. The lowest BCUT2D eigenvalue weighted by atomic mass is 9.81. The van der Waals surface area contributed by atoms with Gasteiger partial charge in [0.25, 0.3) is 0 Å². The third kappa shape index (κ3) is 8.46. The lowest BCUT2D eigenvalue weighted by Crippen LogP contribution is -2.40. The van der Waals surface area contributed by atoms with Crippen LogP contribution in [0.4, 0.5) is 13.2 Å². The predicted octanol–water partition coefficient (Wildman–Crippen LogP) is 8.38. The Morgan fingerprint density at radius 2 is 1.77 bits per heavy atom. The van der Waals surface area contributed by atoms with E-state index >= 15 is 0 Å². The molecular weight excluding hydrogens is 555 g/mol. The van der Waals surface area contributed by atoms with E-state index in [9.17, 15) is 23.1 Å². The maximum absolute atomic E-state index is 13.2. The minimum Gasteiger partial charge on any atom is -0.490 e. The number of aryl methyl sites for hydroxylation is 2. The molecule has 0 unspecified atom stereocenters. The number of nitrogens with zero attached hydrogens (tertiary/aromatic N) is 1. The van der Waals surface area contributed by atoms with Crippen molar-refractivity contribution in [2.24, 2.45) is 23.2 Å². The molecule has 3 aliphatic rings. The fourth-order valence-electron chi connectivity index (χ4n) is 6.90. The van der Waals surface area contributed by atoms with Crippen molar-refractivity contribution in [3.05, 3.63) is 58.7 Å². The van der Waals surface area contributed by atoms with Crippen LogP contribution in [0.25, 0.3) is 0 Å². The summed E-state index contributed by atoms with van der Waals surface area (Å²) in [6, 6.07) is 11.4. The molecule has 0 amide bonds. The molecule has 0 spiro atoms. The molecule has 5 nitrogen and oxygen atoms in total. The second-order valence-corrected chi connectivity index (χ2v) is 14.2. The summed E-state index contributed by atoms with van der Waals surface area (Å²) in [5.74, 6) is 0.389. The number of piperidine rings is 1. The molecule has 236 valence electrons. The normalized spacial score (nSPS) is 21.5. The lowest BCUT2D eigenvalue weighted by Gasteiger charge is -2.38. The van der Waals surface area contributed by atoms with Crippen LogP contribution in [-0.2, 0) is 24.2 Å².